The fraction of sp³-hybridized carbons (Fsp3) is 0.474. The monoisotopic (exact) mass is 328 g/mol. The number of hydrogen-bond donors (Lipinski definition) is 1. The smallest absolute Gasteiger partial charge is 0.252 e. The summed E-state index contributed by atoms with van der Waals surface area (Å²) in [5, 5.41) is 0.837. The van der Waals surface area contributed by atoms with Crippen molar-refractivity contribution in [1.82, 2.24) is 4.98 Å². The van der Waals surface area contributed by atoms with Crippen molar-refractivity contribution >= 4 is 16.8 Å². The van der Waals surface area contributed by atoms with E-state index >= 15 is 0 Å². The van der Waals surface area contributed by atoms with Crippen LogP contribution in [0, 0.1) is 5.92 Å². The molecule has 1 heterocycles. The van der Waals surface area contributed by atoms with Gasteiger partial charge in [-0.05, 0) is 57.7 Å². The second kappa shape index (κ2) is 6.67. The number of ether oxygens (including phenoxy) is 2. The summed E-state index contributed by atoms with van der Waals surface area (Å²) >= 11 is 0. The third-order valence-electron chi connectivity index (χ3n) is 4.56. The van der Waals surface area contributed by atoms with E-state index in [0.29, 0.717) is 22.7 Å². The fourth-order valence-electron chi connectivity index (χ4n) is 3.00. The van der Waals surface area contributed by atoms with Crippen molar-refractivity contribution in [3.05, 3.63) is 30.0 Å². The number of aromatic nitrogens is 1. The Labute approximate surface area is 142 Å². The third-order valence-corrected chi connectivity index (χ3v) is 4.56. The number of nitrogens with zero attached hydrogens (tertiary/aromatic N) is 1. The second-order valence-electron chi connectivity index (χ2n) is 6.72. The van der Waals surface area contributed by atoms with Crippen LogP contribution >= 0.6 is 0 Å². The minimum atomic E-state index is -0.525. The van der Waals surface area contributed by atoms with E-state index in [9.17, 15) is 4.79 Å². The van der Waals surface area contributed by atoms with E-state index in [4.69, 9.17) is 15.2 Å². The lowest BCUT2D eigenvalue weighted by Gasteiger charge is -2.31. The molecule has 2 N–H and O–H groups in total. The van der Waals surface area contributed by atoms with E-state index in [0.717, 1.165) is 11.1 Å². The zero-order valence-corrected chi connectivity index (χ0v) is 14.4. The summed E-state index contributed by atoms with van der Waals surface area (Å²) in [6.45, 7) is 5.93. The Morgan fingerprint density at radius 1 is 1.21 bits per heavy atom. The first-order valence-corrected chi connectivity index (χ1v) is 8.51. The largest absolute Gasteiger partial charge is 0.490 e. The summed E-state index contributed by atoms with van der Waals surface area (Å²) in [6.07, 6.45) is 5.52. The van der Waals surface area contributed by atoms with Crippen LogP contribution in [0.1, 0.15) is 50.4 Å². The maximum Gasteiger partial charge on any atom is 0.252 e. The molecule has 0 aliphatic heterocycles. The number of fused-ring (bicyclic) bond motifs is 1. The van der Waals surface area contributed by atoms with Crippen molar-refractivity contribution in [1.29, 1.82) is 0 Å². The van der Waals surface area contributed by atoms with Crippen molar-refractivity contribution in [2.24, 2.45) is 11.7 Å². The van der Waals surface area contributed by atoms with Gasteiger partial charge in [-0.15, -0.1) is 0 Å². The Balaban J connectivity index is 2.02. The first-order chi connectivity index (χ1) is 11.5. The molecule has 0 spiro atoms. The van der Waals surface area contributed by atoms with Crippen LogP contribution in [0.2, 0.25) is 0 Å². The summed E-state index contributed by atoms with van der Waals surface area (Å²) in [4.78, 5) is 16.1. The van der Waals surface area contributed by atoms with Gasteiger partial charge in [0.25, 0.3) is 5.91 Å². The number of benzene rings is 1. The van der Waals surface area contributed by atoms with Gasteiger partial charge in [-0.3, -0.25) is 9.78 Å². The molecule has 2 aromatic rings. The van der Waals surface area contributed by atoms with Crippen molar-refractivity contribution in [2.75, 3.05) is 0 Å². The number of primary amides is 1. The van der Waals surface area contributed by atoms with Crippen LogP contribution < -0.4 is 15.2 Å². The summed E-state index contributed by atoms with van der Waals surface area (Å²) < 4.78 is 12.0. The van der Waals surface area contributed by atoms with Crippen LogP contribution in [0.5, 0.6) is 11.5 Å². The van der Waals surface area contributed by atoms with Gasteiger partial charge in [-0.25, -0.2) is 0 Å². The molecule has 1 saturated carbocycles. The Morgan fingerprint density at radius 2 is 1.96 bits per heavy atom. The van der Waals surface area contributed by atoms with Gasteiger partial charge in [0, 0.05) is 11.6 Å². The summed E-state index contributed by atoms with van der Waals surface area (Å²) in [6, 6.07) is 5.35. The normalized spacial score (nSPS) is 16.0. The van der Waals surface area contributed by atoms with Gasteiger partial charge in [0.05, 0.1) is 23.3 Å². The molecule has 0 saturated heterocycles. The average molecular weight is 328 g/mol. The lowest BCUT2D eigenvalue weighted by molar-refractivity contribution is 0.0991. The number of hydrogen-bond acceptors (Lipinski definition) is 4. The molecule has 24 heavy (non-hydrogen) atoms. The number of carbonyl (C=O) groups excluding carboxylic acids is 1. The molecular weight excluding hydrogens is 304 g/mol. The topological polar surface area (TPSA) is 74.4 Å². The highest BCUT2D eigenvalue weighted by Crippen LogP contribution is 2.35. The van der Waals surface area contributed by atoms with Crippen LogP contribution in [0.4, 0.5) is 0 Å². The van der Waals surface area contributed by atoms with Crippen molar-refractivity contribution in [3.63, 3.8) is 0 Å². The minimum Gasteiger partial charge on any atom is -0.490 e. The summed E-state index contributed by atoms with van der Waals surface area (Å²) in [7, 11) is 0. The third kappa shape index (κ3) is 3.30. The van der Waals surface area contributed by atoms with Crippen LogP contribution in [-0.2, 0) is 0 Å². The maximum atomic E-state index is 11.7. The predicted octanol–water partition coefficient (Wildman–Crippen LogP) is 3.69. The molecule has 1 atom stereocenters. The lowest BCUT2D eigenvalue weighted by atomic mass is 9.82. The Bertz CT molecular complexity index is 754. The molecular formula is C19H24N2O3. The van der Waals surface area contributed by atoms with E-state index in [-0.39, 0.29) is 12.2 Å². The first kappa shape index (κ1) is 16.6. The van der Waals surface area contributed by atoms with Gasteiger partial charge in [0.15, 0.2) is 0 Å². The lowest BCUT2D eigenvalue weighted by Crippen LogP contribution is -2.29. The maximum absolute atomic E-state index is 11.7. The number of nitrogens with two attached hydrogens (primary N) is 1. The highest BCUT2D eigenvalue weighted by atomic mass is 16.5. The second-order valence-corrected chi connectivity index (χ2v) is 6.72. The molecule has 128 valence electrons. The molecule has 1 aromatic carbocycles. The molecule has 1 unspecified atom stereocenters. The van der Waals surface area contributed by atoms with Crippen molar-refractivity contribution < 1.29 is 14.3 Å². The zero-order valence-electron chi connectivity index (χ0n) is 14.4. The first-order valence-electron chi connectivity index (χ1n) is 8.51. The molecule has 1 aliphatic carbocycles. The molecule has 5 nitrogen and oxygen atoms in total. The molecule has 0 bridgehead atoms. The fourth-order valence-corrected chi connectivity index (χ4v) is 3.00. The molecule has 1 aromatic heterocycles. The molecule has 5 heteroatoms. The van der Waals surface area contributed by atoms with Crippen LogP contribution in [-0.4, -0.2) is 23.1 Å². The molecule has 1 aliphatic rings. The Morgan fingerprint density at radius 3 is 2.54 bits per heavy atom. The molecule has 3 rings (SSSR count). The minimum absolute atomic E-state index is 0.0597. The Kier molecular flexibility index (Phi) is 4.60. The highest BCUT2D eigenvalue weighted by molar-refractivity contribution is 6.01. The average Bonchev–Trinajstić information content (AvgIpc) is 2.44. The number of pyridine rings is 1. The van der Waals surface area contributed by atoms with Gasteiger partial charge in [-0.1, -0.05) is 6.42 Å². The molecule has 1 amide bonds. The van der Waals surface area contributed by atoms with Crippen molar-refractivity contribution in [2.45, 2.75) is 52.2 Å². The standard InChI is InChI=1S/C19H24N2O3/c1-11(2)23-18-10-14-16(9-15(18)19(20)22)21-8-7-17(14)24-12(3)13-5-4-6-13/h7-13H,4-6H2,1-3H3,(H2,20,22). The van der Waals surface area contributed by atoms with E-state index in [1.165, 1.54) is 19.3 Å². The van der Waals surface area contributed by atoms with Gasteiger partial charge < -0.3 is 15.2 Å². The van der Waals surface area contributed by atoms with Crippen LogP contribution in [0.25, 0.3) is 10.9 Å². The van der Waals surface area contributed by atoms with Gasteiger partial charge in [-0.2, -0.15) is 0 Å². The van der Waals surface area contributed by atoms with E-state index < -0.39 is 5.91 Å². The van der Waals surface area contributed by atoms with Crippen LogP contribution in [0.3, 0.4) is 0 Å². The van der Waals surface area contributed by atoms with Gasteiger partial charge in [0.1, 0.15) is 11.5 Å². The molecule has 0 radical (unpaired) electrons. The predicted molar refractivity (Wildman–Crippen MR) is 93.5 cm³/mol. The number of rotatable bonds is 6. The zero-order chi connectivity index (χ0) is 17.3. The Hall–Kier alpha value is -2.30. The van der Waals surface area contributed by atoms with E-state index in [1.807, 2.05) is 26.0 Å². The van der Waals surface area contributed by atoms with E-state index in [2.05, 4.69) is 11.9 Å². The number of carbonyl (C=O) groups is 1. The summed E-state index contributed by atoms with van der Waals surface area (Å²) in [5.74, 6) is 1.33. The highest BCUT2D eigenvalue weighted by Gasteiger charge is 2.26. The quantitative estimate of drug-likeness (QED) is 0.877. The summed E-state index contributed by atoms with van der Waals surface area (Å²) in [5.41, 5.74) is 6.51. The van der Waals surface area contributed by atoms with Gasteiger partial charge >= 0.3 is 0 Å². The molecule has 1 fully saturated rings. The number of amides is 1. The van der Waals surface area contributed by atoms with Crippen LogP contribution in [0.15, 0.2) is 24.4 Å². The van der Waals surface area contributed by atoms with Crippen molar-refractivity contribution in [3.8, 4) is 11.5 Å². The SMILES string of the molecule is CC(C)Oc1cc2c(OC(C)C3CCC3)ccnc2cc1C(N)=O. The van der Waals surface area contributed by atoms with E-state index in [1.54, 1.807) is 12.3 Å². The van der Waals surface area contributed by atoms with Gasteiger partial charge in [0.2, 0.25) is 0 Å².